The molecule has 92 valence electrons. The Morgan fingerprint density at radius 2 is 1.88 bits per heavy atom. The van der Waals surface area contributed by atoms with Gasteiger partial charge in [0.1, 0.15) is 6.04 Å². The first kappa shape index (κ1) is 13.0. The molecule has 0 saturated heterocycles. The van der Waals surface area contributed by atoms with Gasteiger partial charge >= 0.3 is 0 Å². The van der Waals surface area contributed by atoms with Crippen molar-refractivity contribution in [3.8, 4) is 0 Å². The van der Waals surface area contributed by atoms with Gasteiger partial charge in [0.2, 0.25) is 11.8 Å². The van der Waals surface area contributed by atoms with E-state index in [-0.39, 0.29) is 12.3 Å². The van der Waals surface area contributed by atoms with Crippen LogP contribution >= 0.6 is 0 Å². The monoisotopic (exact) mass is 237 g/mol. The van der Waals surface area contributed by atoms with E-state index in [1.807, 2.05) is 0 Å². The summed E-state index contributed by atoms with van der Waals surface area (Å²) in [5.74, 6) is -1.15. The first-order chi connectivity index (χ1) is 8.02. The summed E-state index contributed by atoms with van der Waals surface area (Å²) in [5, 5.41) is 11.2. The molecule has 0 radical (unpaired) electrons. The van der Waals surface area contributed by atoms with E-state index in [0.717, 1.165) is 5.56 Å². The fraction of sp³-hybridized carbons (Fsp3) is 0.273. The number of rotatable bonds is 5. The van der Waals surface area contributed by atoms with Crippen molar-refractivity contribution in [3.63, 3.8) is 0 Å². The molecule has 0 aliphatic carbocycles. The average molecular weight is 237 g/mol. The van der Waals surface area contributed by atoms with Crippen LogP contribution in [0.4, 0.5) is 5.69 Å². The summed E-state index contributed by atoms with van der Waals surface area (Å²) in [6.07, 6.45) is 0.101. The second-order valence-corrected chi connectivity index (χ2v) is 3.62. The van der Waals surface area contributed by atoms with Gasteiger partial charge < -0.3 is 21.9 Å². The molecule has 6 N–H and O–H groups in total. The number of carbonyl (C=O) groups is 2. The summed E-state index contributed by atoms with van der Waals surface area (Å²) in [7, 11) is 0. The van der Waals surface area contributed by atoms with Gasteiger partial charge in [0.05, 0.1) is 13.0 Å². The Kier molecular flexibility index (Phi) is 4.47. The van der Waals surface area contributed by atoms with Crippen molar-refractivity contribution in [1.82, 2.24) is 5.32 Å². The minimum atomic E-state index is -1.05. The summed E-state index contributed by atoms with van der Waals surface area (Å²) in [5.41, 5.74) is 11.9. The van der Waals surface area contributed by atoms with Gasteiger partial charge in [0, 0.05) is 5.69 Å². The van der Waals surface area contributed by atoms with E-state index in [4.69, 9.17) is 16.6 Å². The van der Waals surface area contributed by atoms with Crippen molar-refractivity contribution in [1.29, 1.82) is 0 Å². The molecule has 1 rings (SSSR count). The molecule has 0 fully saturated rings. The minimum Gasteiger partial charge on any atom is -0.399 e. The van der Waals surface area contributed by atoms with Crippen LogP contribution < -0.4 is 16.8 Å². The first-order valence-electron chi connectivity index (χ1n) is 5.07. The zero-order chi connectivity index (χ0) is 12.8. The molecular weight excluding hydrogens is 222 g/mol. The van der Waals surface area contributed by atoms with Crippen molar-refractivity contribution < 1.29 is 14.7 Å². The number of primary amides is 1. The van der Waals surface area contributed by atoms with Gasteiger partial charge in [-0.2, -0.15) is 0 Å². The normalized spacial score (nSPS) is 11.8. The molecule has 0 spiro atoms. The van der Waals surface area contributed by atoms with Crippen LogP contribution in [0.25, 0.3) is 0 Å². The molecule has 0 aliphatic rings. The third kappa shape index (κ3) is 4.12. The molecular formula is C11H15N3O3. The number of carbonyl (C=O) groups excluding carboxylic acids is 2. The predicted molar refractivity (Wildman–Crippen MR) is 62.8 cm³/mol. The fourth-order valence-corrected chi connectivity index (χ4v) is 1.27. The molecule has 1 unspecified atom stereocenters. The molecule has 0 heterocycles. The lowest BCUT2D eigenvalue weighted by Gasteiger charge is -2.12. The highest BCUT2D eigenvalue weighted by atomic mass is 16.3. The number of anilines is 1. The van der Waals surface area contributed by atoms with E-state index in [9.17, 15) is 9.59 Å². The number of aliphatic hydroxyl groups excluding tert-OH is 1. The van der Waals surface area contributed by atoms with Crippen LogP contribution in [-0.2, 0) is 16.0 Å². The van der Waals surface area contributed by atoms with E-state index in [2.05, 4.69) is 5.32 Å². The summed E-state index contributed by atoms with van der Waals surface area (Å²) in [6.45, 7) is -0.511. The van der Waals surface area contributed by atoms with Gasteiger partial charge in [0.25, 0.3) is 0 Å². The number of hydrogen-bond donors (Lipinski definition) is 4. The molecule has 17 heavy (non-hydrogen) atoms. The molecule has 6 heteroatoms. The zero-order valence-corrected chi connectivity index (χ0v) is 9.22. The molecule has 2 amide bonds. The third-order valence-electron chi connectivity index (χ3n) is 2.21. The fourth-order valence-electron chi connectivity index (χ4n) is 1.27. The Hall–Kier alpha value is -2.08. The van der Waals surface area contributed by atoms with Crippen LogP contribution in [0.3, 0.4) is 0 Å². The van der Waals surface area contributed by atoms with Crippen LogP contribution in [0.1, 0.15) is 5.56 Å². The van der Waals surface area contributed by atoms with Crippen LogP contribution in [0.5, 0.6) is 0 Å². The second-order valence-electron chi connectivity index (χ2n) is 3.62. The molecule has 0 saturated carbocycles. The molecule has 1 atom stereocenters. The minimum absolute atomic E-state index is 0.101. The van der Waals surface area contributed by atoms with Gasteiger partial charge in [-0.15, -0.1) is 0 Å². The van der Waals surface area contributed by atoms with E-state index < -0.39 is 18.6 Å². The van der Waals surface area contributed by atoms with Crippen molar-refractivity contribution in [2.24, 2.45) is 5.73 Å². The number of nitrogens with two attached hydrogens (primary N) is 2. The highest BCUT2D eigenvalue weighted by Crippen LogP contribution is 2.05. The van der Waals surface area contributed by atoms with E-state index in [0.29, 0.717) is 5.69 Å². The number of hydrogen-bond acceptors (Lipinski definition) is 4. The predicted octanol–water partition coefficient (Wildman–Crippen LogP) is -1.23. The average Bonchev–Trinajstić information content (AvgIpc) is 2.28. The maximum absolute atomic E-state index is 11.5. The zero-order valence-electron chi connectivity index (χ0n) is 9.22. The van der Waals surface area contributed by atoms with Gasteiger partial charge in [-0.25, -0.2) is 0 Å². The summed E-state index contributed by atoms with van der Waals surface area (Å²) in [4.78, 5) is 22.3. The smallest absolute Gasteiger partial charge is 0.242 e. The standard InChI is InChI=1S/C11H15N3O3/c12-8-3-1-7(2-4-8)5-10(16)14-9(6-15)11(13)17/h1-4,9,15H,5-6,12H2,(H2,13,17)(H,14,16). The largest absolute Gasteiger partial charge is 0.399 e. The van der Waals surface area contributed by atoms with Crippen LogP contribution in [-0.4, -0.2) is 29.6 Å². The summed E-state index contributed by atoms with van der Waals surface area (Å²) in [6, 6.07) is 5.75. The Bertz CT molecular complexity index is 403. The Labute approximate surface area is 98.6 Å². The number of nitrogens with one attached hydrogen (secondary N) is 1. The van der Waals surface area contributed by atoms with Crippen molar-refractivity contribution in [3.05, 3.63) is 29.8 Å². The maximum atomic E-state index is 11.5. The van der Waals surface area contributed by atoms with Gasteiger partial charge in [-0.05, 0) is 17.7 Å². The van der Waals surface area contributed by atoms with E-state index in [1.165, 1.54) is 0 Å². The topological polar surface area (TPSA) is 118 Å². The highest BCUT2D eigenvalue weighted by molar-refractivity contribution is 5.87. The maximum Gasteiger partial charge on any atom is 0.242 e. The summed E-state index contributed by atoms with van der Waals surface area (Å²) < 4.78 is 0. The first-order valence-corrected chi connectivity index (χ1v) is 5.07. The van der Waals surface area contributed by atoms with Crippen LogP contribution in [0.15, 0.2) is 24.3 Å². The lowest BCUT2D eigenvalue weighted by atomic mass is 10.1. The lowest BCUT2D eigenvalue weighted by molar-refractivity contribution is -0.127. The van der Waals surface area contributed by atoms with Crippen LogP contribution in [0.2, 0.25) is 0 Å². The molecule has 1 aromatic carbocycles. The SMILES string of the molecule is NC(=O)C(CO)NC(=O)Cc1ccc(N)cc1. The second kappa shape index (κ2) is 5.86. The Morgan fingerprint density at radius 1 is 1.29 bits per heavy atom. The van der Waals surface area contributed by atoms with E-state index >= 15 is 0 Å². The van der Waals surface area contributed by atoms with Crippen molar-refractivity contribution >= 4 is 17.5 Å². The van der Waals surface area contributed by atoms with E-state index in [1.54, 1.807) is 24.3 Å². The van der Waals surface area contributed by atoms with Crippen molar-refractivity contribution in [2.45, 2.75) is 12.5 Å². The number of benzene rings is 1. The van der Waals surface area contributed by atoms with Crippen molar-refractivity contribution in [2.75, 3.05) is 12.3 Å². The molecule has 6 nitrogen and oxygen atoms in total. The van der Waals surface area contributed by atoms with Gasteiger partial charge in [-0.1, -0.05) is 12.1 Å². The molecule has 0 aliphatic heterocycles. The molecule has 1 aromatic rings. The number of aliphatic hydroxyl groups is 1. The molecule has 0 aromatic heterocycles. The molecule has 0 bridgehead atoms. The Balaban J connectivity index is 2.54. The van der Waals surface area contributed by atoms with Gasteiger partial charge in [-0.3, -0.25) is 9.59 Å². The number of nitrogen functional groups attached to an aromatic ring is 1. The number of amides is 2. The lowest BCUT2D eigenvalue weighted by Crippen LogP contribution is -2.47. The quantitative estimate of drug-likeness (QED) is 0.479. The van der Waals surface area contributed by atoms with Gasteiger partial charge in [0.15, 0.2) is 0 Å². The third-order valence-corrected chi connectivity index (χ3v) is 2.21. The van der Waals surface area contributed by atoms with Crippen LogP contribution in [0, 0.1) is 0 Å². The Morgan fingerprint density at radius 3 is 2.35 bits per heavy atom. The highest BCUT2D eigenvalue weighted by Gasteiger charge is 2.16. The summed E-state index contributed by atoms with van der Waals surface area (Å²) >= 11 is 0.